The molecular weight excluding hydrogens is 368 g/mol. The molecule has 0 unspecified atom stereocenters. The number of nitrogens with two attached hydrogens (primary N) is 1. The summed E-state index contributed by atoms with van der Waals surface area (Å²) in [7, 11) is 0. The highest BCUT2D eigenvalue weighted by Crippen LogP contribution is 2.59. The van der Waals surface area contributed by atoms with Crippen molar-refractivity contribution in [2.75, 3.05) is 0 Å². The summed E-state index contributed by atoms with van der Waals surface area (Å²) in [6, 6.07) is -0.0198. The van der Waals surface area contributed by atoms with E-state index in [-0.39, 0.29) is 17.0 Å². The van der Waals surface area contributed by atoms with Gasteiger partial charge in [0.1, 0.15) is 0 Å². The lowest BCUT2D eigenvalue weighted by molar-refractivity contribution is 0.0235. The Hall–Kier alpha value is -0.700. The summed E-state index contributed by atoms with van der Waals surface area (Å²) in [6.45, 7) is 14.5. The largest absolute Gasteiger partial charge is 0.324 e. The summed E-state index contributed by atoms with van der Waals surface area (Å²) in [4.78, 5) is 11.2. The van der Waals surface area contributed by atoms with E-state index in [1.54, 1.807) is 0 Å². The normalized spacial score (nSPS) is 42.7. The van der Waals surface area contributed by atoms with Gasteiger partial charge in [0, 0.05) is 5.54 Å². The van der Waals surface area contributed by atoms with E-state index in [9.17, 15) is 4.91 Å². The molecule has 8 atom stereocenters. The Bertz CT molecular complexity index is 628. The zero-order valence-corrected chi connectivity index (χ0v) is 20.6. The van der Waals surface area contributed by atoms with Crippen molar-refractivity contribution in [1.29, 1.82) is 0 Å². The van der Waals surface area contributed by atoms with Crippen molar-refractivity contribution in [2.24, 2.45) is 51.8 Å². The van der Waals surface area contributed by atoms with Gasteiger partial charge in [-0.05, 0) is 79.4 Å². The molecule has 0 aromatic rings. The van der Waals surface area contributed by atoms with Crippen LogP contribution >= 0.6 is 0 Å². The van der Waals surface area contributed by atoms with Crippen molar-refractivity contribution < 1.29 is 0 Å². The Balaban J connectivity index is 1.76. The van der Waals surface area contributed by atoms with Crippen molar-refractivity contribution in [3.8, 4) is 0 Å². The lowest BCUT2D eigenvalue weighted by atomic mass is 9.50. The SMILES string of the molecule is CC[C@H]1[C@](N)([C@@H]2CC[C@H]([C@H](C)CCCC(C)C)[C@@H]2C)CC=C2C[C@@H](N=O)CC[C@@]21C. The molecule has 0 saturated heterocycles. The molecule has 0 bridgehead atoms. The van der Waals surface area contributed by atoms with Crippen LogP contribution in [0.3, 0.4) is 0 Å². The van der Waals surface area contributed by atoms with Crippen molar-refractivity contribution >= 4 is 0 Å². The molecule has 30 heavy (non-hydrogen) atoms. The molecule has 3 aliphatic rings. The fourth-order valence-electron chi connectivity index (χ4n) is 8.12. The molecule has 0 aliphatic heterocycles. The Morgan fingerprint density at radius 3 is 2.57 bits per heavy atom. The molecule has 2 N–H and O–H groups in total. The maximum Gasteiger partial charge on any atom is 0.0957 e. The molecular formula is C27H48N2O. The minimum absolute atomic E-state index is 0.0198. The zero-order chi connectivity index (χ0) is 22.1. The summed E-state index contributed by atoms with van der Waals surface area (Å²) < 4.78 is 0. The van der Waals surface area contributed by atoms with E-state index in [4.69, 9.17) is 5.73 Å². The highest BCUT2D eigenvalue weighted by atomic mass is 16.3. The monoisotopic (exact) mass is 416 g/mol. The van der Waals surface area contributed by atoms with E-state index < -0.39 is 0 Å². The Morgan fingerprint density at radius 1 is 1.20 bits per heavy atom. The van der Waals surface area contributed by atoms with Crippen LogP contribution in [0.2, 0.25) is 0 Å². The van der Waals surface area contributed by atoms with E-state index in [2.05, 4.69) is 52.8 Å². The Labute approximate surface area is 186 Å². The standard InChI is InChI=1S/C27H48N2O/c1-7-25-26(6)15-14-22(29-30)17-21(26)13-16-27(25,28)24-12-11-23(20(24)5)19(4)10-8-9-18(2)3/h13,18-20,22-25H,7-12,14-17,28H2,1-6H3/t19-,20+,22+,23-,24-,25-,26+,27-/m1/s1. The molecule has 0 amide bonds. The minimum atomic E-state index is -0.0970. The second-order valence-corrected chi connectivity index (χ2v) is 11.9. The van der Waals surface area contributed by atoms with Gasteiger partial charge in [0.25, 0.3) is 0 Å². The summed E-state index contributed by atoms with van der Waals surface area (Å²) in [6.07, 6.45) is 14.2. The lowest BCUT2D eigenvalue weighted by Gasteiger charge is -2.57. The Kier molecular flexibility index (Phi) is 7.53. The van der Waals surface area contributed by atoms with Crippen molar-refractivity contribution in [2.45, 2.75) is 117 Å². The number of hydrogen-bond donors (Lipinski definition) is 1. The maximum absolute atomic E-state index is 11.2. The maximum atomic E-state index is 11.2. The van der Waals surface area contributed by atoms with Gasteiger partial charge in [-0.1, -0.05) is 84.1 Å². The topological polar surface area (TPSA) is 55.4 Å². The predicted molar refractivity (Wildman–Crippen MR) is 128 cm³/mol. The molecule has 172 valence electrons. The van der Waals surface area contributed by atoms with Gasteiger partial charge in [-0.2, -0.15) is 4.91 Å². The van der Waals surface area contributed by atoms with Gasteiger partial charge in [-0.25, -0.2) is 0 Å². The quantitative estimate of drug-likeness (QED) is 0.329. The number of nitroso groups, excluding NO2 is 1. The molecule has 0 aromatic heterocycles. The average molecular weight is 417 g/mol. The van der Waals surface area contributed by atoms with E-state index in [0.29, 0.717) is 17.8 Å². The van der Waals surface area contributed by atoms with Crippen molar-refractivity contribution in [3.63, 3.8) is 0 Å². The first-order chi connectivity index (χ1) is 14.2. The van der Waals surface area contributed by atoms with E-state index >= 15 is 0 Å². The fourth-order valence-corrected chi connectivity index (χ4v) is 8.12. The number of nitrogens with zero attached hydrogens (tertiary/aromatic N) is 1. The summed E-state index contributed by atoms with van der Waals surface area (Å²) >= 11 is 0. The van der Waals surface area contributed by atoms with E-state index in [1.165, 1.54) is 37.7 Å². The van der Waals surface area contributed by atoms with Gasteiger partial charge in [0.2, 0.25) is 0 Å². The number of rotatable bonds is 8. The molecule has 2 saturated carbocycles. The first-order valence-electron chi connectivity index (χ1n) is 13.0. The van der Waals surface area contributed by atoms with E-state index in [1.807, 2.05) is 0 Å². The number of hydrogen-bond acceptors (Lipinski definition) is 3. The van der Waals surface area contributed by atoms with Gasteiger partial charge in [-0.3, -0.25) is 0 Å². The third-order valence-electron chi connectivity index (χ3n) is 9.85. The second-order valence-electron chi connectivity index (χ2n) is 11.9. The van der Waals surface area contributed by atoms with Crippen LogP contribution in [-0.4, -0.2) is 11.6 Å². The van der Waals surface area contributed by atoms with Crippen molar-refractivity contribution in [3.05, 3.63) is 16.6 Å². The first kappa shape index (κ1) is 24.0. The minimum Gasteiger partial charge on any atom is -0.324 e. The molecule has 0 radical (unpaired) electrons. The number of fused-ring (bicyclic) bond motifs is 1. The highest BCUT2D eigenvalue weighted by molar-refractivity contribution is 5.28. The van der Waals surface area contributed by atoms with Gasteiger partial charge in [0.15, 0.2) is 0 Å². The van der Waals surface area contributed by atoms with Crippen LogP contribution in [0.25, 0.3) is 0 Å². The molecule has 3 nitrogen and oxygen atoms in total. The molecule has 2 fully saturated rings. The smallest absolute Gasteiger partial charge is 0.0957 e. The van der Waals surface area contributed by atoms with Crippen LogP contribution in [0.5, 0.6) is 0 Å². The average Bonchev–Trinajstić information content (AvgIpc) is 3.09. The van der Waals surface area contributed by atoms with Gasteiger partial charge < -0.3 is 5.73 Å². The predicted octanol–water partition coefficient (Wildman–Crippen LogP) is 7.49. The molecule has 0 heterocycles. The lowest BCUT2D eigenvalue weighted by Crippen LogP contribution is -2.61. The first-order valence-corrected chi connectivity index (χ1v) is 13.0. The third kappa shape index (κ3) is 4.30. The van der Waals surface area contributed by atoms with Crippen molar-refractivity contribution in [1.82, 2.24) is 0 Å². The second kappa shape index (κ2) is 9.43. The van der Waals surface area contributed by atoms with Crippen LogP contribution in [0, 0.1) is 45.8 Å². The molecule has 3 rings (SSSR count). The molecule has 0 spiro atoms. The van der Waals surface area contributed by atoms with Gasteiger partial charge >= 0.3 is 0 Å². The van der Waals surface area contributed by atoms with E-state index in [0.717, 1.165) is 49.9 Å². The Morgan fingerprint density at radius 2 is 1.93 bits per heavy atom. The van der Waals surface area contributed by atoms with Crippen LogP contribution < -0.4 is 5.73 Å². The summed E-state index contributed by atoms with van der Waals surface area (Å²) in [5.41, 5.74) is 8.98. The molecule has 3 aliphatic carbocycles. The summed E-state index contributed by atoms with van der Waals surface area (Å²) in [5.74, 6) is 4.30. The molecule has 0 aromatic carbocycles. The van der Waals surface area contributed by atoms with Gasteiger partial charge in [0.05, 0.1) is 6.04 Å². The molecule has 3 heteroatoms. The van der Waals surface area contributed by atoms with Crippen LogP contribution in [-0.2, 0) is 0 Å². The van der Waals surface area contributed by atoms with Crippen LogP contribution in [0.4, 0.5) is 0 Å². The third-order valence-corrected chi connectivity index (χ3v) is 9.85. The van der Waals surface area contributed by atoms with Crippen LogP contribution in [0.15, 0.2) is 16.8 Å². The fraction of sp³-hybridized carbons (Fsp3) is 0.926. The zero-order valence-electron chi connectivity index (χ0n) is 20.6. The van der Waals surface area contributed by atoms with Gasteiger partial charge in [-0.15, -0.1) is 0 Å². The van der Waals surface area contributed by atoms with Crippen LogP contribution in [0.1, 0.15) is 106 Å². The highest BCUT2D eigenvalue weighted by Gasteiger charge is 2.57. The summed E-state index contributed by atoms with van der Waals surface area (Å²) in [5, 5.41) is 3.39.